The summed E-state index contributed by atoms with van der Waals surface area (Å²) in [6.07, 6.45) is 2.88. The van der Waals surface area contributed by atoms with Crippen LogP contribution in [0.25, 0.3) is 0 Å². The van der Waals surface area contributed by atoms with Gasteiger partial charge in [0.25, 0.3) is 0 Å². The van der Waals surface area contributed by atoms with Gasteiger partial charge in [-0.15, -0.1) is 0 Å². The molecule has 4 bridgehead atoms. The zero-order valence-corrected chi connectivity index (χ0v) is 18.2. The van der Waals surface area contributed by atoms with Gasteiger partial charge in [0.05, 0.1) is 6.54 Å². The molecule has 3 aliphatic heterocycles. The third-order valence-corrected chi connectivity index (χ3v) is 7.95. The van der Waals surface area contributed by atoms with Crippen LogP contribution in [0.2, 0.25) is 5.02 Å². The molecule has 7 rings (SSSR count). The van der Waals surface area contributed by atoms with Gasteiger partial charge in [0.2, 0.25) is 0 Å². The number of allylic oxidation sites excluding steroid dienone is 2. The monoisotopic (exact) mass is 433 g/mol. The van der Waals surface area contributed by atoms with Gasteiger partial charge in [0.15, 0.2) is 17.8 Å². The molecule has 2 aromatic rings. The Morgan fingerprint density at radius 1 is 1.13 bits per heavy atom. The number of benzene rings is 2. The predicted octanol–water partition coefficient (Wildman–Crippen LogP) is 5.44. The highest BCUT2D eigenvalue weighted by atomic mass is 35.5. The first-order valence-corrected chi connectivity index (χ1v) is 11.4. The fourth-order valence-electron chi connectivity index (χ4n) is 6.41. The lowest BCUT2D eigenvalue weighted by Gasteiger charge is -2.62. The van der Waals surface area contributed by atoms with Crippen molar-refractivity contribution in [3.63, 3.8) is 0 Å². The van der Waals surface area contributed by atoms with Crippen molar-refractivity contribution in [2.75, 3.05) is 6.54 Å². The molecule has 0 N–H and O–H groups in total. The summed E-state index contributed by atoms with van der Waals surface area (Å²) in [6.45, 7) is 2.53. The summed E-state index contributed by atoms with van der Waals surface area (Å²) < 4.78 is 6.57. The number of carbonyl (C=O) groups excluding carboxylic acids is 2. The third kappa shape index (κ3) is 2.71. The number of halogens is 1. The number of nitrogens with zero attached hydrogens (tertiary/aromatic N) is 1. The number of ketones is 2. The van der Waals surface area contributed by atoms with Crippen molar-refractivity contribution >= 4 is 23.2 Å². The molecule has 0 aromatic heterocycles. The highest BCUT2D eigenvalue weighted by molar-refractivity contribution is 6.30. The summed E-state index contributed by atoms with van der Waals surface area (Å²) >= 11 is 6.00. The van der Waals surface area contributed by atoms with Gasteiger partial charge >= 0.3 is 0 Å². The molecule has 31 heavy (non-hydrogen) atoms. The molecular weight excluding hydrogens is 410 g/mol. The van der Waals surface area contributed by atoms with Crippen LogP contribution >= 0.6 is 11.6 Å². The van der Waals surface area contributed by atoms with Crippen molar-refractivity contribution in [3.8, 4) is 0 Å². The Labute approximate surface area is 186 Å². The van der Waals surface area contributed by atoms with Crippen LogP contribution in [0.15, 0.2) is 59.9 Å². The summed E-state index contributed by atoms with van der Waals surface area (Å²) in [4.78, 5) is 28.4. The fraction of sp³-hybridized carbons (Fsp3) is 0.385. The van der Waals surface area contributed by atoms with Gasteiger partial charge in [-0.05, 0) is 48.2 Å². The summed E-state index contributed by atoms with van der Waals surface area (Å²) in [5.74, 6) is 1.22. The lowest BCUT2D eigenvalue weighted by atomic mass is 9.53. The second-order valence-electron chi connectivity index (χ2n) is 9.43. The maximum atomic E-state index is 13.2. The van der Waals surface area contributed by atoms with E-state index < -0.39 is 0 Å². The molecule has 3 heterocycles. The number of hydrogen-bond donors (Lipinski definition) is 0. The van der Waals surface area contributed by atoms with E-state index in [9.17, 15) is 9.59 Å². The van der Waals surface area contributed by atoms with E-state index in [0.717, 1.165) is 30.6 Å². The first-order chi connectivity index (χ1) is 15.0. The molecule has 0 amide bonds. The molecule has 5 heteroatoms. The van der Waals surface area contributed by atoms with E-state index in [1.54, 1.807) is 24.3 Å². The number of ether oxygens (including phenoxy) is 1. The van der Waals surface area contributed by atoms with E-state index in [1.807, 2.05) is 0 Å². The van der Waals surface area contributed by atoms with E-state index in [0.29, 0.717) is 17.0 Å². The Bertz CT molecular complexity index is 1140. The van der Waals surface area contributed by atoms with Crippen LogP contribution in [0.1, 0.15) is 66.1 Å². The molecule has 1 fully saturated rings. The highest BCUT2D eigenvalue weighted by Crippen LogP contribution is 2.65. The van der Waals surface area contributed by atoms with Gasteiger partial charge in [-0.3, -0.25) is 14.5 Å². The first kappa shape index (κ1) is 19.3. The zero-order valence-electron chi connectivity index (χ0n) is 17.4. The Morgan fingerprint density at radius 3 is 2.65 bits per heavy atom. The molecule has 4 unspecified atom stereocenters. The number of rotatable bonds is 3. The molecule has 4 atom stereocenters. The average Bonchev–Trinajstić information content (AvgIpc) is 2.76. The maximum absolute atomic E-state index is 13.2. The van der Waals surface area contributed by atoms with Gasteiger partial charge in [-0.2, -0.15) is 0 Å². The Kier molecular flexibility index (Phi) is 4.22. The first-order valence-electron chi connectivity index (χ1n) is 11.0. The van der Waals surface area contributed by atoms with E-state index in [4.69, 9.17) is 16.3 Å². The Morgan fingerprint density at radius 2 is 1.87 bits per heavy atom. The van der Waals surface area contributed by atoms with Crippen LogP contribution in [0.3, 0.4) is 0 Å². The lowest BCUT2D eigenvalue weighted by molar-refractivity contribution is -0.159. The fourth-order valence-corrected chi connectivity index (χ4v) is 6.54. The minimum absolute atomic E-state index is 0.0486. The van der Waals surface area contributed by atoms with Crippen LogP contribution in [0.5, 0.6) is 0 Å². The average molecular weight is 434 g/mol. The molecule has 0 spiro atoms. The maximum Gasteiger partial charge on any atom is 0.176 e. The van der Waals surface area contributed by atoms with Crippen molar-refractivity contribution in [1.82, 2.24) is 4.90 Å². The van der Waals surface area contributed by atoms with Gasteiger partial charge in [-0.25, -0.2) is 0 Å². The molecule has 4 nitrogen and oxygen atoms in total. The zero-order chi connectivity index (χ0) is 21.3. The highest BCUT2D eigenvalue weighted by Gasteiger charge is 2.62. The van der Waals surface area contributed by atoms with E-state index in [2.05, 4.69) is 36.1 Å². The van der Waals surface area contributed by atoms with E-state index >= 15 is 0 Å². The quantitative estimate of drug-likeness (QED) is 0.605. The summed E-state index contributed by atoms with van der Waals surface area (Å²) in [5, 5.41) is 0.621. The van der Waals surface area contributed by atoms with Crippen LogP contribution in [-0.2, 0) is 9.53 Å². The third-order valence-electron chi connectivity index (χ3n) is 7.70. The van der Waals surface area contributed by atoms with Crippen LogP contribution in [0.4, 0.5) is 0 Å². The minimum atomic E-state index is -0.241. The standard InChI is InChI=1S/C26H24ClNO3/c1-26-13-19-17-5-2-3-6-18(17)23(26)25(31-22-8-4-7-20(29)24(22)26)28(19)14-21(30)15-9-11-16(27)12-10-15/h2-3,5-6,9-12,19,23,25H,4,7-8,13-14H2,1H3. The predicted molar refractivity (Wildman–Crippen MR) is 118 cm³/mol. The number of piperidine rings is 1. The largest absolute Gasteiger partial charge is 0.478 e. The molecule has 158 valence electrons. The molecule has 2 aliphatic carbocycles. The molecule has 5 aliphatic rings. The Balaban J connectivity index is 1.44. The molecule has 0 saturated carbocycles. The van der Waals surface area contributed by atoms with Crippen molar-refractivity contribution in [1.29, 1.82) is 0 Å². The molecule has 0 radical (unpaired) electrons. The van der Waals surface area contributed by atoms with Crippen molar-refractivity contribution < 1.29 is 14.3 Å². The van der Waals surface area contributed by atoms with Crippen LogP contribution in [-0.4, -0.2) is 29.2 Å². The Hall–Kier alpha value is -2.43. The second-order valence-corrected chi connectivity index (χ2v) is 9.87. The molecule has 2 aromatic carbocycles. The molecular formula is C26H24ClNO3. The summed E-state index contributed by atoms with van der Waals surface area (Å²) in [5.41, 5.74) is 3.87. The van der Waals surface area contributed by atoms with Crippen molar-refractivity contribution in [2.24, 2.45) is 5.41 Å². The number of Topliss-reactive ketones (excluding diaryl/α,β-unsaturated/α-hetero) is 2. The van der Waals surface area contributed by atoms with Gasteiger partial charge in [-0.1, -0.05) is 42.8 Å². The van der Waals surface area contributed by atoms with Crippen LogP contribution < -0.4 is 0 Å². The molecule has 1 saturated heterocycles. The van der Waals surface area contributed by atoms with Crippen LogP contribution in [0, 0.1) is 5.41 Å². The van der Waals surface area contributed by atoms with Gasteiger partial charge in [0.1, 0.15) is 5.76 Å². The number of hydrogen-bond acceptors (Lipinski definition) is 4. The number of carbonyl (C=O) groups is 2. The van der Waals surface area contributed by atoms with Gasteiger partial charge in [0, 0.05) is 46.4 Å². The normalized spacial score (nSPS) is 31.2. The van der Waals surface area contributed by atoms with E-state index in [1.165, 1.54) is 11.1 Å². The van der Waals surface area contributed by atoms with Gasteiger partial charge < -0.3 is 4.74 Å². The minimum Gasteiger partial charge on any atom is -0.478 e. The summed E-state index contributed by atoms with van der Waals surface area (Å²) in [6, 6.07) is 15.6. The van der Waals surface area contributed by atoms with Crippen molar-refractivity contribution in [2.45, 2.75) is 50.8 Å². The topological polar surface area (TPSA) is 46.6 Å². The second kappa shape index (κ2) is 6.78. The lowest BCUT2D eigenvalue weighted by Crippen LogP contribution is -2.62. The van der Waals surface area contributed by atoms with E-state index in [-0.39, 0.29) is 41.7 Å². The van der Waals surface area contributed by atoms with Crippen molar-refractivity contribution in [3.05, 3.63) is 81.6 Å². The SMILES string of the molecule is CC12CC3c4ccccc4C1C(OC1=C2C(=O)CCC1)N3CC(=O)c1ccc(Cl)cc1. The smallest absolute Gasteiger partial charge is 0.176 e. The summed E-state index contributed by atoms with van der Waals surface area (Å²) in [7, 11) is 0.